The number of carbonyl (C=O) groups excluding carboxylic acids is 1. The lowest BCUT2D eigenvalue weighted by atomic mass is 9.97. The predicted octanol–water partition coefficient (Wildman–Crippen LogP) is 3.39. The van der Waals surface area contributed by atoms with Crippen molar-refractivity contribution in [2.45, 2.75) is 26.7 Å². The van der Waals surface area contributed by atoms with E-state index in [0.717, 1.165) is 0 Å². The maximum atomic E-state index is 12.5. The van der Waals surface area contributed by atoms with Crippen LogP contribution in [-0.4, -0.2) is 5.78 Å². The summed E-state index contributed by atoms with van der Waals surface area (Å²) in [6.07, 6.45) is -2.06. The van der Waals surface area contributed by atoms with Crippen LogP contribution in [0.4, 0.5) is 8.78 Å². The Morgan fingerprint density at radius 2 is 2.07 bits per heavy atom. The molecule has 0 aliphatic heterocycles. The lowest BCUT2D eigenvalue weighted by Gasteiger charge is -2.10. The van der Waals surface area contributed by atoms with Crippen molar-refractivity contribution in [3.8, 4) is 0 Å². The number of hydrogen-bond acceptors (Lipinski definition) is 1. The van der Waals surface area contributed by atoms with E-state index in [0.29, 0.717) is 17.5 Å². The highest BCUT2D eigenvalue weighted by Gasteiger charge is 2.16. The second-order valence-corrected chi connectivity index (χ2v) is 3.08. The number of hydrogen-bond donors (Lipinski definition) is 0. The Labute approximate surface area is 81.7 Å². The van der Waals surface area contributed by atoms with E-state index in [4.69, 9.17) is 0 Å². The van der Waals surface area contributed by atoms with E-state index in [1.165, 1.54) is 19.1 Å². The third kappa shape index (κ3) is 1.97. The van der Waals surface area contributed by atoms with E-state index in [1.807, 2.05) is 0 Å². The summed E-state index contributed by atoms with van der Waals surface area (Å²) >= 11 is 0. The third-order valence-electron chi connectivity index (χ3n) is 2.18. The Kier molecular flexibility index (Phi) is 3.33. The van der Waals surface area contributed by atoms with Crippen molar-refractivity contribution >= 4 is 5.78 Å². The molecule has 0 unspecified atom stereocenters. The Bertz CT molecular complexity index is 345. The van der Waals surface area contributed by atoms with E-state index in [2.05, 4.69) is 0 Å². The molecule has 0 radical (unpaired) electrons. The van der Waals surface area contributed by atoms with Gasteiger partial charge in [-0.2, -0.15) is 0 Å². The summed E-state index contributed by atoms with van der Waals surface area (Å²) in [6, 6.07) is 4.46. The second kappa shape index (κ2) is 4.31. The summed E-state index contributed by atoms with van der Waals surface area (Å²) in [7, 11) is 0. The van der Waals surface area contributed by atoms with Crippen LogP contribution < -0.4 is 0 Å². The third-order valence-corrected chi connectivity index (χ3v) is 2.18. The molecule has 14 heavy (non-hydrogen) atoms. The molecule has 0 aromatic heterocycles. The first kappa shape index (κ1) is 10.8. The summed E-state index contributed by atoms with van der Waals surface area (Å²) < 4.78 is 25.1. The van der Waals surface area contributed by atoms with E-state index in [9.17, 15) is 13.6 Å². The van der Waals surface area contributed by atoms with Crippen molar-refractivity contribution in [2.24, 2.45) is 0 Å². The van der Waals surface area contributed by atoms with E-state index < -0.39 is 6.43 Å². The molecule has 0 heterocycles. The van der Waals surface area contributed by atoms with Crippen LogP contribution in [0.3, 0.4) is 0 Å². The van der Waals surface area contributed by atoms with Crippen LogP contribution in [0.15, 0.2) is 18.2 Å². The van der Waals surface area contributed by atoms with Crippen molar-refractivity contribution in [1.29, 1.82) is 0 Å². The second-order valence-electron chi connectivity index (χ2n) is 3.08. The maximum Gasteiger partial charge on any atom is 0.264 e. The molecule has 0 spiro atoms. The van der Waals surface area contributed by atoms with Gasteiger partial charge in [0, 0.05) is 11.1 Å². The Balaban J connectivity index is 3.32. The number of halogens is 2. The lowest BCUT2D eigenvalue weighted by Crippen LogP contribution is -2.03. The molecule has 0 bridgehead atoms. The summed E-state index contributed by atoms with van der Waals surface area (Å²) in [5.41, 5.74) is 0.848. The quantitative estimate of drug-likeness (QED) is 0.680. The van der Waals surface area contributed by atoms with Crippen LogP contribution in [0.25, 0.3) is 0 Å². The Morgan fingerprint density at radius 3 is 2.50 bits per heavy atom. The standard InChI is InChI=1S/C11H12F2O/c1-3-8-9(7(2)14)5-4-6-10(8)11(12)13/h4-6,11H,3H2,1-2H3. The fourth-order valence-electron chi connectivity index (χ4n) is 1.53. The van der Waals surface area contributed by atoms with Gasteiger partial charge in [0.05, 0.1) is 0 Å². The van der Waals surface area contributed by atoms with Crippen LogP contribution in [0.1, 0.15) is 41.8 Å². The number of Topliss-reactive ketones (excluding diaryl/α,β-unsaturated/α-hetero) is 1. The van der Waals surface area contributed by atoms with Crippen molar-refractivity contribution < 1.29 is 13.6 Å². The van der Waals surface area contributed by atoms with Crippen LogP contribution in [0.5, 0.6) is 0 Å². The molecule has 1 nitrogen and oxygen atoms in total. The number of carbonyl (C=O) groups is 1. The molecular formula is C11H12F2O. The molecule has 1 aromatic rings. The number of alkyl halides is 2. The van der Waals surface area contributed by atoms with Crippen LogP contribution in [-0.2, 0) is 6.42 Å². The molecule has 1 rings (SSSR count). The molecule has 76 valence electrons. The van der Waals surface area contributed by atoms with Gasteiger partial charge < -0.3 is 0 Å². The first-order valence-corrected chi connectivity index (χ1v) is 4.48. The summed E-state index contributed by atoms with van der Waals surface area (Å²) in [4.78, 5) is 11.2. The average Bonchev–Trinajstić information content (AvgIpc) is 2.16. The zero-order valence-corrected chi connectivity index (χ0v) is 8.18. The Hall–Kier alpha value is -1.25. The van der Waals surface area contributed by atoms with E-state index >= 15 is 0 Å². The zero-order chi connectivity index (χ0) is 10.7. The van der Waals surface area contributed by atoms with Gasteiger partial charge in [-0.05, 0) is 18.9 Å². The molecule has 0 fully saturated rings. The lowest BCUT2D eigenvalue weighted by molar-refractivity contribution is 0.101. The van der Waals surface area contributed by atoms with Gasteiger partial charge in [-0.1, -0.05) is 25.1 Å². The molecule has 0 saturated heterocycles. The molecule has 0 amide bonds. The molecule has 0 atom stereocenters. The maximum absolute atomic E-state index is 12.5. The summed E-state index contributed by atoms with van der Waals surface area (Å²) in [5.74, 6) is -0.163. The van der Waals surface area contributed by atoms with Crippen molar-refractivity contribution in [3.05, 3.63) is 34.9 Å². The minimum Gasteiger partial charge on any atom is -0.295 e. The minimum absolute atomic E-state index is 0.0276. The number of rotatable bonds is 3. The fourth-order valence-corrected chi connectivity index (χ4v) is 1.53. The topological polar surface area (TPSA) is 17.1 Å². The van der Waals surface area contributed by atoms with Gasteiger partial charge in [0.15, 0.2) is 5.78 Å². The minimum atomic E-state index is -2.51. The van der Waals surface area contributed by atoms with Gasteiger partial charge >= 0.3 is 0 Å². The summed E-state index contributed by atoms with van der Waals surface area (Å²) in [6.45, 7) is 3.16. The number of benzene rings is 1. The normalized spacial score (nSPS) is 10.6. The molecule has 0 N–H and O–H groups in total. The van der Waals surface area contributed by atoms with Crippen molar-refractivity contribution in [1.82, 2.24) is 0 Å². The van der Waals surface area contributed by atoms with Gasteiger partial charge in [0.1, 0.15) is 0 Å². The van der Waals surface area contributed by atoms with Crippen molar-refractivity contribution in [3.63, 3.8) is 0 Å². The van der Waals surface area contributed by atoms with Gasteiger partial charge in [0.25, 0.3) is 6.43 Å². The smallest absolute Gasteiger partial charge is 0.264 e. The predicted molar refractivity (Wildman–Crippen MR) is 50.8 cm³/mol. The Morgan fingerprint density at radius 1 is 1.43 bits per heavy atom. The largest absolute Gasteiger partial charge is 0.295 e. The van der Waals surface area contributed by atoms with Crippen LogP contribution >= 0.6 is 0 Å². The fraction of sp³-hybridized carbons (Fsp3) is 0.364. The highest BCUT2D eigenvalue weighted by atomic mass is 19.3. The van der Waals surface area contributed by atoms with E-state index in [-0.39, 0.29) is 11.3 Å². The number of ketones is 1. The van der Waals surface area contributed by atoms with Crippen LogP contribution in [0.2, 0.25) is 0 Å². The van der Waals surface area contributed by atoms with Gasteiger partial charge in [-0.25, -0.2) is 8.78 Å². The van der Waals surface area contributed by atoms with Crippen molar-refractivity contribution in [2.75, 3.05) is 0 Å². The highest BCUT2D eigenvalue weighted by molar-refractivity contribution is 5.95. The molecular weight excluding hydrogens is 186 g/mol. The molecule has 0 saturated carbocycles. The van der Waals surface area contributed by atoms with E-state index in [1.54, 1.807) is 13.0 Å². The van der Waals surface area contributed by atoms with Gasteiger partial charge in [-0.15, -0.1) is 0 Å². The molecule has 1 aromatic carbocycles. The molecule has 3 heteroatoms. The first-order valence-electron chi connectivity index (χ1n) is 4.48. The highest BCUT2D eigenvalue weighted by Crippen LogP contribution is 2.26. The van der Waals surface area contributed by atoms with Crippen LogP contribution in [0, 0.1) is 0 Å². The summed E-state index contributed by atoms with van der Waals surface area (Å²) in [5, 5.41) is 0. The SMILES string of the molecule is CCc1c(C(C)=O)cccc1C(F)F. The van der Waals surface area contributed by atoms with Gasteiger partial charge in [-0.3, -0.25) is 4.79 Å². The zero-order valence-electron chi connectivity index (χ0n) is 8.18. The molecule has 0 aliphatic carbocycles. The molecule has 0 aliphatic rings. The monoisotopic (exact) mass is 198 g/mol. The average molecular weight is 198 g/mol. The first-order chi connectivity index (χ1) is 6.57. The van der Waals surface area contributed by atoms with Gasteiger partial charge in [0.2, 0.25) is 0 Å².